The Kier molecular flexibility index (Phi) is 7.75. The molecule has 0 heterocycles. The predicted molar refractivity (Wildman–Crippen MR) is 116 cm³/mol. The fourth-order valence-corrected chi connectivity index (χ4v) is 3.99. The first-order valence-electron chi connectivity index (χ1n) is 9.75. The number of rotatable bonds is 8. The van der Waals surface area contributed by atoms with Gasteiger partial charge in [-0.2, -0.15) is 4.31 Å². The number of benzene rings is 2. The molecule has 0 spiro atoms. The van der Waals surface area contributed by atoms with Crippen molar-refractivity contribution in [1.82, 2.24) is 4.31 Å². The van der Waals surface area contributed by atoms with Crippen LogP contribution in [-0.2, 0) is 26.0 Å². The number of carbonyl (C=O) groups excluding carboxylic acids is 2. The Balaban J connectivity index is 2.08. The van der Waals surface area contributed by atoms with Crippen LogP contribution in [0.4, 0.5) is 5.69 Å². The number of hydrogen-bond donors (Lipinski definition) is 1. The van der Waals surface area contributed by atoms with E-state index in [1.165, 1.54) is 42.5 Å². The second-order valence-corrected chi connectivity index (χ2v) is 9.23. The van der Waals surface area contributed by atoms with E-state index in [1.807, 2.05) is 19.1 Å². The van der Waals surface area contributed by atoms with Gasteiger partial charge in [-0.3, -0.25) is 4.79 Å². The third-order valence-electron chi connectivity index (χ3n) is 4.76. The fourth-order valence-electron chi connectivity index (χ4n) is 2.58. The van der Waals surface area contributed by atoms with E-state index in [4.69, 9.17) is 4.74 Å². The second-order valence-electron chi connectivity index (χ2n) is 7.23. The zero-order chi connectivity index (χ0) is 22.5. The van der Waals surface area contributed by atoms with Crippen LogP contribution in [0.1, 0.15) is 43.6 Å². The van der Waals surface area contributed by atoms with Gasteiger partial charge in [-0.1, -0.05) is 25.1 Å². The number of nitrogens with zero attached hydrogens (tertiary/aromatic N) is 1. The van der Waals surface area contributed by atoms with Crippen molar-refractivity contribution in [2.24, 2.45) is 0 Å². The van der Waals surface area contributed by atoms with Crippen LogP contribution in [0, 0.1) is 0 Å². The molecule has 0 aliphatic heterocycles. The molecule has 7 nitrogen and oxygen atoms in total. The summed E-state index contributed by atoms with van der Waals surface area (Å²) >= 11 is 0. The van der Waals surface area contributed by atoms with Crippen molar-refractivity contribution >= 4 is 27.6 Å². The molecule has 0 radical (unpaired) electrons. The summed E-state index contributed by atoms with van der Waals surface area (Å²) in [4.78, 5) is 24.8. The van der Waals surface area contributed by atoms with Crippen LogP contribution in [0.25, 0.3) is 0 Å². The molecular formula is C22H28N2O5S. The Bertz CT molecular complexity index is 1000. The molecule has 1 unspecified atom stereocenters. The molecule has 0 aromatic heterocycles. The number of sulfonamides is 1. The van der Waals surface area contributed by atoms with Gasteiger partial charge in [-0.05, 0) is 63.1 Å². The van der Waals surface area contributed by atoms with Crippen LogP contribution in [0.5, 0.6) is 0 Å². The molecule has 2 aromatic rings. The van der Waals surface area contributed by atoms with Crippen LogP contribution < -0.4 is 5.32 Å². The number of hydrogen-bond acceptors (Lipinski definition) is 5. The molecule has 8 heteroatoms. The monoisotopic (exact) mass is 432 g/mol. The summed E-state index contributed by atoms with van der Waals surface area (Å²) in [5.74, 6) is -1.25. The third kappa shape index (κ3) is 5.67. The normalized spacial score (nSPS) is 12.6. The van der Waals surface area contributed by atoms with Crippen molar-refractivity contribution in [1.29, 1.82) is 0 Å². The van der Waals surface area contributed by atoms with E-state index >= 15 is 0 Å². The quantitative estimate of drug-likeness (QED) is 0.645. The highest BCUT2D eigenvalue weighted by Crippen LogP contribution is 2.19. The lowest BCUT2D eigenvalue weighted by Crippen LogP contribution is -2.33. The van der Waals surface area contributed by atoms with Crippen LogP contribution >= 0.6 is 0 Å². The lowest BCUT2D eigenvalue weighted by atomic mass is 10.1. The largest absolute Gasteiger partial charge is 0.449 e. The number of carbonyl (C=O) groups is 2. The van der Waals surface area contributed by atoms with Gasteiger partial charge >= 0.3 is 5.97 Å². The maximum absolute atomic E-state index is 12.6. The Morgan fingerprint density at radius 2 is 1.70 bits per heavy atom. The maximum Gasteiger partial charge on any atom is 0.338 e. The lowest BCUT2D eigenvalue weighted by molar-refractivity contribution is -0.123. The van der Waals surface area contributed by atoms with E-state index in [1.54, 1.807) is 26.0 Å². The molecule has 0 saturated heterocycles. The van der Waals surface area contributed by atoms with Gasteiger partial charge in [0.1, 0.15) is 0 Å². The highest BCUT2D eigenvalue weighted by Gasteiger charge is 2.25. The molecule has 1 atom stereocenters. The smallest absolute Gasteiger partial charge is 0.338 e. The van der Waals surface area contributed by atoms with Crippen molar-refractivity contribution in [3.8, 4) is 0 Å². The van der Waals surface area contributed by atoms with E-state index in [9.17, 15) is 18.0 Å². The number of anilines is 1. The average molecular weight is 433 g/mol. The number of aryl methyl sites for hydroxylation is 1. The Labute approximate surface area is 178 Å². The number of esters is 1. The lowest BCUT2D eigenvalue weighted by Gasteiger charge is -2.21. The number of nitrogens with one attached hydrogen (secondary N) is 1. The summed E-state index contributed by atoms with van der Waals surface area (Å²) in [6.07, 6.45) is -0.161. The van der Waals surface area contributed by atoms with E-state index in [0.717, 1.165) is 12.0 Å². The van der Waals surface area contributed by atoms with Crippen molar-refractivity contribution < 1.29 is 22.7 Å². The number of ether oxygens (including phenoxy) is 1. The molecule has 2 aromatic carbocycles. The summed E-state index contributed by atoms with van der Waals surface area (Å²) in [7, 11) is -2.26. The fraction of sp³-hybridized carbons (Fsp3) is 0.364. The third-order valence-corrected chi connectivity index (χ3v) is 6.79. The van der Waals surface area contributed by atoms with Crippen LogP contribution in [0.2, 0.25) is 0 Å². The van der Waals surface area contributed by atoms with Crippen molar-refractivity contribution in [2.75, 3.05) is 12.4 Å². The highest BCUT2D eigenvalue weighted by molar-refractivity contribution is 7.89. The van der Waals surface area contributed by atoms with Crippen LogP contribution in [-0.4, -0.2) is 43.8 Å². The molecule has 2 rings (SSSR count). The summed E-state index contributed by atoms with van der Waals surface area (Å²) in [6, 6.07) is 12.7. The molecule has 0 fully saturated rings. The van der Waals surface area contributed by atoms with Gasteiger partial charge in [0.15, 0.2) is 6.10 Å². The minimum atomic E-state index is -3.74. The van der Waals surface area contributed by atoms with Crippen molar-refractivity contribution in [3.63, 3.8) is 0 Å². The SMILES string of the molecule is CCc1ccc(NC(=O)C(C)OC(=O)c2cccc(S(=O)(=O)N(C)C(C)C)c2)cc1. The summed E-state index contributed by atoms with van der Waals surface area (Å²) in [6.45, 7) is 7.01. The first kappa shape index (κ1) is 23.6. The zero-order valence-electron chi connectivity index (χ0n) is 17.9. The maximum atomic E-state index is 12.6. The van der Waals surface area contributed by atoms with Crippen molar-refractivity contribution in [2.45, 2.75) is 51.2 Å². The molecule has 1 amide bonds. The zero-order valence-corrected chi connectivity index (χ0v) is 18.7. The van der Waals surface area contributed by atoms with Crippen LogP contribution in [0.3, 0.4) is 0 Å². The summed E-state index contributed by atoms with van der Waals surface area (Å²) < 4.78 is 31.7. The Morgan fingerprint density at radius 1 is 1.07 bits per heavy atom. The van der Waals surface area contributed by atoms with Gasteiger partial charge in [0.05, 0.1) is 10.5 Å². The Morgan fingerprint density at radius 3 is 2.27 bits per heavy atom. The number of amides is 1. The predicted octanol–water partition coefficient (Wildman–Crippen LogP) is 3.46. The molecule has 30 heavy (non-hydrogen) atoms. The van der Waals surface area contributed by atoms with Gasteiger partial charge < -0.3 is 10.1 Å². The van der Waals surface area contributed by atoms with E-state index in [0.29, 0.717) is 5.69 Å². The molecule has 0 aliphatic carbocycles. The van der Waals surface area contributed by atoms with Gasteiger partial charge in [-0.15, -0.1) is 0 Å². The standard InChI is InChI=1S/C22H28N2O5S/c1-6-17-10-12-19(13-11-17)23-21(25)16(4)29-22(26)18-8-7-9-20(14-18)30(27,28)24(5)15(2)3/h7-16H,6H2,1-5H3,(H,23,25). The molecule has 162 valence electrons. The molecule has 0 bridgehead atoms. The van der Waals surface area contributed by atoms with Gasteiger partial charge in [0.25, 0.3) is 5.91 Å². The molecule has 1 N–H and O–H groups in total. The molecular weight excluding hydrogens is 404 g/mol. The minimum Gasteiger partial charge on any atom is -0.449 e. The topological polar surface area (TPSA) is 92.8 Å². The van der Waals surface area contributed by atoms with E-state index in [-0.39, 0.29) is 16.5 Å². The first-order valence-corrected chi connectivity index (χ1v) is 11.2. The minimum absolute atomic E-state index is 0.0127. The van der Waals surface area contributed by atoms with Gasteiger partial charge in [0, 0.05) is 18.8 Å². The van der Waals surface area contributed by atoms with Gasteiger partial charge in [-0.25, -0.2) is 13.2 Å². The van der Waals surface area contributed by atoms with E-state index < -0.39 is 28.0 Å². The summed E-state index contributed by atoms with van der Waals surface area (Å²) in [5, 5.41) is 2.69. The van der Waals surface area contributed by atoms with Crippen molar-refractivity contribution in [3.05, 3.63) is 59.7 Å². The van der Waals surface area contributed by atoms with E-state index in [2.05, 4.69) is 5.32 Å². The molecule has 0 saturated carbocycles. The molecule has 0 aliphatic rings. The summed E-state index contributed by atoms with van der Waals surface area (Å²) in [5.41, 5.74) is 1.80. The first-order chi connectivity index (χ1) is 14.1. The van der Waals surface area contributed by atoms with Gasteiger partial charge in [0.2, 0.25) is 10.0 Å². The second kappa shape index (κ2) is 9.86. The average Bonchev–Trinajstić information content (AvgIpc) is 2.73. The highest BCUT2D eigenvalue weighted by atomic mass is 32.2. The Hall–Kier alpha value is -2.71. The van der Waals surface area contributed by atoms with Crippen LogP contribution in [0.15, 0.2) is 53.4 Å².